The van der Waals surface area contributed by atoms with E-state index in [1.54, 1.807) is 12.3 Å². The number of carbonyl (C=O) groups excluding carboxylic acids is 3. The molecule has 10 nitrogen and oxygen atoms in total. The number of fused-ring (bicyclic) bond motifs is 1. The number of aromatic nitrogens is 3. The Morgan fingerprint density at radius 3 is 2.57 bits per heavy atom. The number of benzene rings is 1. The van der Waals surface area contributed by atoms with Gasteiger partial charge in [-0.3, -0.25) is 14.0 Å². The van der Waals surface area contributed by atoms with Crippen LogP contribution < -0.4 is 0 Å². The normalized spacial score (nSPS) is 18.0. The second-order valence-electron chi connectivity index (χ2n) is 11.6. The lowest BCUT2D eigenvalue weighted by Gasteiger charge is -2.37. The van der Waals surface area contributed by atoms with Crippen molar-refractivity contribution in [1.29, 1.82) is 5.26 Å². The predicted molar refractivity (Wildman–Crippen MR) is 157 cm³/mol. The number of allylic oxidation sites excluding steroid dienone is 2. The highest BCUT2D eigenvalue weighted by Crippen LogP contribution is 2.41. The van der Waals surface area contributed by atoms with Crippen molar-refractivity contribution in [3.8, 4) is 6.07 Å². The van der Waals surface area contributed by atoms with Gasteiger partial charge in [0.15, 0.2) is 11.6 Å². The van der Waals surface area contributed by atoms with Crippen LogP contribution in [0.25, 0.3) is 27.7 Å². The Morgan fingerprint density at radius 2 is 1.81 bits per heavy atom. The molecule has 4 aromatic rings. The van der Waals surface area contributed by atoms with Gasteiger partial charge in [0.2, 0.25) is 0 Å². The summed E-state index contributed by atoms with van der Waals surface area (Å²) in [5.41, 5.74) is 4.84. The van der Waals surface area contributed by atoms with Crippen LogP contribution in [0.2, 0.25) is 0 Å². The van der Waals surface area contributed by atoms with Gasteiger partial charge in [-0.2, -0.15) is 5.26 Å². The van der Waals surface area contributed by atoms with Crippen molar-refractivity contribution in [1.82, 2.24) is 28.7 Å². The van der Waals surface area contributed by atoms with E-state index in [2.05, 4.69) is 34.6 Å². The molecule has 2 amide bonds. The minimum atomic E-state index is -0.237. The van der Waals surface area contributed by atoms with Gasteiger partial charge in [0.25, 0.3) is 0 Å². The molecule has 1 aromatic carbocycles. The summed E-state index contributed by atoms with van der Waals surface area (Å²) in [7, 11) is 4.16. The molecule has 3 aliphatic rings. The van der Waals surface area contributed by atoms with Crippen LogP contribution in [0.3, 0.4) is 0 Å². The van der Waals surface area contributed by atoms with E-state index in [4.69, 9.17) is 0 Å². The third-order valence-electron chi connectivity index (χ3n) is 8.96. The lowest BCUT2D eigenvalue weighted by Crippen LogP contribution is -2.49. The third kappa shape index (κ3) is 4.11. The van der Waals surface area contributed by atoms with Crippen molar-refractivity contribution in [3.63, 3.8) is 0 Å². The van der Waals surface area contributed by atoms with Crippen LogP contribution in [0.1, 0.15) is 41.6 Å². The number of hydrogen-bond donors (Lipinski definition) is 0. The average molecular weight is 562 g/mol. The van der Waals surface area contributed by atoms with Gasteiger partial charge in [-0.15, -0.1) is 0 Å². The van der Waals surface area contributed by atoms with Crippen molar-refractivity contribution in [3.05, 3.63) is 71.3 Å². The van der Waals surface area contributed by atoms with E-state index < -0.39 is 0 Å². The minimum absolute atomic E-state index is 0.0165. The standard InChI is InChI=1S/C32H31N7O3/c1-35(2)22-6-9-36(10-7-22)32(42)38-12-11-37-19-24(23-14-20(16-33)13-21(18-38)31(23)37)29-26(40)15-27(41)30(29)25-17-34-28-5-3-4-8-39(25)28/h3-5,8,13-14,17,19,22H,6-7,9-12,15,18H2,1-2H3. The molecule has 0 unspecified atom stereocenters. The molecule has 7 rings (SSSR count). The molecule has 0 bridgehead atoms. The second kappa shape index (κ2) is 9.96. The molecule has 0 N–H and O–H groups in total. The number of rotatable bonds is 3. The van der Waals surface area contributed by atoms with Crippen LogP contribution in [0.4, 0.5) is 4.79 Å². The van der Waals surface area contributed by atoms with Crippen molar-refractivity contribution in [2.24, 2.45) is 0 Å². The highest BCUT2D eigenvalue weighted by molar-refractivity contribution is 6.51. The topological polar surface area (TPSA) is 107 Å². The quantitative estimate of drug-likeness (QED) is 0.354. The summed E-state index contributed by atoms with van der Waals surface area (Å²) in [6.45, 7) is 2.85. The molecule has 1 fully saturated rings. The SMILES string of the molecule is CN(C)C1CCN(C(=O)N2CCn3cc(C4=C(c5cnc6ccccn56)C(=O)CC4=O)c4cc(C#N)cc(c43)C2)CC1. The summed E-state index contributed by atoms with van der Waals surface area (Å²) in [6.07, 6.45) is 7.08. The summed E-state index contributed by atoms with van der Waals surface area (Å²) in [6, 6.07) is 12.0. The molecule has 1 saturated heterocycles. The van der Waals surface area contributed by atoms with Crippen LogP contribution in [0.5, 0.6) is 0 Å². The largest absolute Gasteiger partial charge is 0.345 e. The van der Waals surface area contributed by atoms with Crippen molar-refractivity contribution >= 4 is 45.3 Å². The van der Waals surface area contributed by atoms with Gasteiger partial charge in [0, 0.05) is 67.7 Å². The average Bonchev–Trinajstić information content (AvgIpc) is 3.62. The molecule has 212 valence electrons. The van der Waals surface area contributed by atoms with E-state index in [1.165, 1.54) is 0 Å². The number of nitrogens with zero attached hydrogens (tertiary/aromatic N) is 7. The number of ketones is 2. The number of pyridine rings is 1. The van der Waals surface area contributed by atoms with Gasteiger partial charge in [-0.1, -0.05) is 6.07 Å². The fraction of sp³-hybridized carbons (Fsp3) is 0.344. The zero-order valence-electron chi connectivity index (χ0n) is 23.7. The molecule has 0 radical (unpaired) electrons. The number of carbonyl (C=O) groups is 3. The maximum atomic E-state index is 13.6. The van der Waals surface area contributed by atoms with Gasteiger partial charge in [-0.25, -0.2) is 9.78 Å². The van der Waals surface area contributed by atoms with E-state index in [-0.39, 0.29) is 24.0 Å². The Morgan fingerprint density at radius 1 is 1.02 bits per heavy atom. The molecule has 2 aliphatic heterocycles. The highest BCUT2D eigenvalue weighted by Gasteiger charge is 2.37. The Bertz CT molecular complexity index is 1860. The Hall–Kier alpha value is -4.75. The molecular formula is C32H31N7O3. The molecule has 42 heavy (non-hydrogen) atoms. The molecule has 0 saturated carbocycles. The molecule has 5 heterocycles. The van der Waals surface area contributed by atoms with E-state index in [1.807, 2.05) is 50.9 Å². The van der Waals surface area contributed by atoms with E-state index in [0.717, 1.165) is 42.4 Å². The van der Waals surface area contributed by atoms with Crippen LogP contribution in [-0.2, 0) is 22.7 Å². The Labute approximate surface area is 243 Å². The summed E-state index contributed by atoms with van der Waals surface area (Å²) < 4.78 is 3.90. The number of likely N-dealkylation sites (tertiary alicyclic amines) is 1. The van der Waals surface area contributed by atoms with Crippen LogP contribution in [-0.4, -0.2) is 86.0 Å². The number of Topliss-reactive ketones (excluding diaryl/α,β-unsaturated/α-hetero) is 2. The van der Waals surface area contributed by atoms with E-state index >= 15 is 0 Å². The first-order valence-corrected chi connectivity index (χ1v) is 14.3. The first kappa shape index (κ1) is 26.2. The first-order valence-electron chi connectivity index (χ1n) is 14.3. The fourth-order valence-electron chi connectivity index (χ4n) is 6.81. The zero-order valence-corrected chi connectivity index (χ0v) is 23.7. The molecule has 10 heteroatoms. The number of imidazole rings is 1. The molecule has 3 aromatic heterocycles. The van der Waals surface area contributed by atoms with Gasteiger partial charge in [-0.05, 0) is 56.8 Å². The maximum Gasteiger partial charge on any atom is 0.320 e. The molecule has 0 atom stereocenters. The van der Waals surface area contributed by atoms with Crippen molar-refractivity contribution in [2.45, 2.75) is 38.4 Å². The first-order chi connectivity index (χ1) is 20.3. The highest BCUT2D eigenvalue weighted by atomic mass is 16.2. The van der Waals surface area contributed by atoms with E-state index in [9.17, 15) is 19.6 Å². The van der Waals surface area contributed by atoms with Gasteiger partial charge >= 0.3 is 6.03 Å². The summed E-state index contributed by atoms with van der Waals surface area (Å²) in [4.78, 5) is 50.8. The van der Waals surface area contributed by atoms with Crippen LogP contribution >= 0.6 is 0 Å². The lowest BCUT2D eigenvalue weighted by molar-refractivity contribution is -0.119. The maximum absolute atomic E-state index is 13.6. The number of piperidine rings is 1. The number of amides is 2. The minimum Gasteiger partial charge on any atom is -0.345 e. The number of urea groups is 1. The lowest BCUT2D eigenvalue weighted by atomic mass is 9.96. The Kier molecular flexibility index (Phi) is 6.21. The van der Waals surface area contributed by atoms with Gasteiger partial charge < -0.3 is 19.3 Å². The van der Waals surface area contributed by atoms with Crippen molar-refractivity contribution < 1.29 is 14.4 Å². The number of nitriles is 1. The van der Waals surface area contributed by atoms with Gasteiger partial charge in [0.05, 0.1) is 41.0 Å². The predicted octanol–water partition coefficient (Wildman–Crippen LogP) is 3.57. The summed E-state index contributed by atoms with van der Waals surface area (Å²) >= 11 is 0. The fourth-order valence-corrected chi connectivity index (χ4v) is 6.81. The molecule has 1 aliphatic carbocycles. The summed E-state index contributed by atoms with van der Waals surface area (Å²) in [5, 5.41) is 10.7. The van der Waals surface area contributed by atoms with Crippen LogP contribution in [0, 0.1) is 11.3 Å². The van der Waals surface area contributed by atoms with Crippen molar-refractivity contribution in [2.75, 3.05) is 33.7 Å². The number of hydrogen-bond acceptors (Lipinski definition) is 6. The second-order valence-corrected chi connectivity index (χ2v) is 11.6. The molecular weight excluding hydrogens is 530 g/mol. The Balaban J connectivity index is 1.31. The van der Waals surface area contributed by atoms with E-state index in [0.29, 0.717) is 59.3 Å². The monoisotopic (exact) mass is 561 g/mol. The zero-order chi connectivity index (χ0) is 29.1. The summed E-state index contributed by atoms with van der Waals surface area (Å²) in [5.74, 6) is -0.473. The smallest absolute Gasteiger partial charge is 0.320 e. The van der Waals surface area contributed by atoms with Gasteiger partial charge in [0.1, 0.15) is 5.65 Å². The third-order valence-corrected chi connectivity index (χ3v) is 8.96. The molecule has 0 spiro atoms. The van der Waals surface area contributed by atoms with Crippen LogP contribution in [0.15, 0.2) is 48.9 Å².